The summed E-state index contributed by atoms with van der Waals surface area (Å²) < 4.78 is 3.44. The van der Waals surface area contributed by atoms with Crippen LogP contribution in [0.3, 0.4) is 0 Å². The molecule has 3 aromatic rings. The summed E-state index contributed by atoms with van der Waals surface area (Å²) in [5.74, 6) is -0.137. The average Bonchev–Trinajstić information content (AvgIpc) is 2.92. The second-order valence-corrected chi connectivity index (χ2v) is 7.32. The van der Waals surface area contributed by atoms with E-state index in [-0.39, 0.29) is 11.5 Å². The van der Waals surface area contributed by atoms with Crippen molar-refractivity contribution in [2.24, 2.45) is 0 Å². The Balaban J connectivity index is 1.82. The van der Waals surface area contributed by atoms with E-state index in [0.29, 0.717) is 18.4 Å². The van der Waals surface area contributed by atoms with Crippen LogP contribution >= 0.6 is 27.5 Å². The third-order valence-corrected chi connectivity index (χ3v) is 5.84. The molecule has 0 radical (unpaired) electrons. The van der Waals surface area contributed by atoms with Crippen LogP contribution in [0.1, 0.15) is 24.9 Å². The molecule has 1 atom stereocenters. The Morgan fingerprint density at radius 3 is 2.62 bits per heavy atom. The Hall–Kier alpha value is -1.92. The predicted octanol–water partition coefficient (Wildman–Crippen LogP) is 4.09. The van der Waals surface area contributed by atoms with Crippen LogP contribution in [0, 0.1) is 0 Å². The maximum Gasteiger partial charge on any atom is 0.269 e. The molecule has 0 spiro atoms. The monoisotopic (exact) mass is 404 g/mol. The minimum Gasteiger partial charge on any atom is -0.350 e. The number of nitrogens with one attached hydrogen (secondary N) is 1. The number of hydrogen-bond acceptors (Lipinski definition) is 3. The second kappa shape index (κ2) is 7.32. The van der Waals surface area contributed by atoms with Crippen molar-refractivity contribution in [3.05, 3.63) is 68.9 Å². The quantitative estimate of drug-likeness (QED) is 0.695. The lowest BCUT2D eigenvalue weighted by Crippen LogP contribution is -2.34. The summed E-state index contributed by atoms with van der Waals surface area (Å²) in [6, 6.07) is 14.7. The van der Waals surface area contributed by atoms with E-state index < -0.39 is 6.04 Å². The molecule has 0 aliphatic carbocycles. The topological polar surface area (TPSA) is 51.1 Å². The fourth-order valence-electron chi connectivity index (χ4n) is 2.59. The number of benzene rings is 2. The maximum absolute atomic E-state index is 12.6. The van der Waals surface area contributed by atoms with Crippen LogP contribution in [0.4, 0.5) is 0 Å². The number of fused-ring (bicyclic) bond motifs is 1. The van der Waals surface area contributed by atoms with Crippen LogP contribution in [0.25, 0.3) is 10.1 Å². The number of carbonyl (C=O) groups excluding carboxylic acids is 1. The third kappa shape index (κ3) is 3.30. The third-order valence-electron chi connectivity index (χ3n) is 3.90. The van der Waals surface area contributed by atoms with Crippen LogP contribution in [-0.4, -0.2) is 9.86 Å². The number of hydrogen-bond donors (Lipinski definition) is 1. The highest BCUT2D eigenvalue weighted by Gasteiger charge is 2.22. The molecule has 0 aliphatic rings. The van der Waals surface area contributed by atoms with E-state index in [0.717, 1.165) is 14.7 Å². The van der Waals surface area contributed by atoms with E-state index in [1.165, 1.54) is 11.5 Å². The summed E-state index contributed by atoms with van der Waals surface area (Å²) in [6.45, 7) is 2.34. The van der Waals surface area contributed by atoms with Crippen molar-refractivity contribution >= 4 is 43.5 Å². The van der Waals surface area contributed by atoms with Gasteiger partial charge >= 0.3 is 0 Å². The Morgan fingerprint density at radius 2 is 1.92 bits per heavy atom. The van der Waals surface area contributed by atoms with Crippen molar-refractivity contribution < 1.29 is 4.79 Å². The molecule has 6 heteroatoms. The van der Waals surface area contributed by atoms with Crippen molar-refractivity contribution in [3.8, 4) is 0 Å². The van der Waals surface area contributed by atoms with E-state index in [2.05, 4.69) is 21.2 Å². The summed E-state index contributed by atoms with van der Waals surface area (Å²) >= 11 is 4.82. The molecule has 2 aromatic carbocycles. The highest BCUT2D eigenvalue weighted by atomic mass is 79.9. The van der Waals surface area contributed by atoms with Crippen LogP contribution < -0.4 is 10.9 Å². The molecule has 0 fully saturated rings. The predicted molar refractivity (Wildman–Crippen MR) is 101 cm³/mol. The maximum atomic E-state index is 12.6. The van der Waals surface area contributed by atoms with Gasteiger partial charge in [0.25, 0.3) is 5.56 Å². The standard InChI is InChI=1S/C18H17BrN2O2S/c1-2-15(17(22)20-11-12-7-3-5-9-14(12)19)21-18(23)13-8-4-6-10-16(13)24-21/h3-10,15H,2,11H2,1H3,(H,20,22)/t15-/m0/s1. The smallest absolute Gasteiger partial charge is 0.269 e. The SMILES string of the molecule is CC[C@@H](C(=O)NCc1ccccc1Br)n1sc2ccccc2c1=O. The van der Waals surface area contributed by atoms with Gasteiger partial charge in [0, 0.05) is 11.0 Å². The van der Waals surface area contributed by atoms with Gasteiger partial charge in [0.05, 0.1) is 10.1 Å². The molecule has 1 heterocycles. The van der Waals surface area contributed by atoms with Crippen molar-refractivity contribution in [2.75, 3.05) is 0 Å². The summed E-state index contributed by atoms with van der Waals surface area (Å²) in [6.07, 6.45) is 0.564. The molecule has 0 bridgehead atoms. The number of nitrogens with zero attached hydrogens (tertiary/aromatic N) is 1. The molecule has 0 saturated heterocycles. The van der Waals surface area contributed by atoms with E-state index in [1.54, 1.807) is 10.0 Å². The second-order valence-electron chi connectivity index (χ2n) is 5.45. The number of carbonyl (C=O) groups is 1. The number of halogens is 1. The van der Waals surface area contributed by atoms with Crippen molar-refractivity contribution in [2.45, 2.75) is 25.9 Å². The Bertz CT molecular complexity index is 932. The van der Waals surface area contributed by atoms with Crippen LogP contribution in [0.15, 0.2) is 57.8 Å². The van der Waals surface area contributed by atoms with E-state index >= 15 is 0 Å². The van der Waals surface area contributed by atoms with Gasteiger partial charge in [-0.05, 0) is 30.2 Å². The first-order valence-electron chi connectivity index (χ1n) is 7.73. The molecule has 24 heavy (non-hydrogen) atoms. The molecule has 4 nitrogen and oxygen atoms in total. The van der Waals surface area contributed by atoms with Crippen LogP contribution in [-0.2, 0) is 11.3 Å². The number of rotatable bonds is 5. The van der Waals surface area contributed by atoms with Gasteiger partial charge in [-0.15, -0.1) is 0 Å². The Morgan fingerprint density at radius 1 is 1.21 bits per heavy atom. The van der Waals surface area contributed by atoms with E-state index in [4.69, 9.17) is 0 Å². The first kappa shape index (κ1) is 16.9. The molecule has 124 valence electrons. The van der Waals surface area contributed by atoms with Crippen molar-refractivity contribution in [1.29, 1.82) is 0 Å². The lowest BCUT2D eigenvalue weighted by molar-refractivity contribution is -0.124. The molecule has 3 rings (SSSR count). The fraction of sp³-hybridized carbons (Fsp3) is 0.222. The normalized spacial score (nSPS) is 12.2. The summed E-state index contributed by atoms with van der Waals surface area (Å²) in [5, 5.41) is 3.61. The molecule has 0 unspecified atom stereocenters. The lowest BCUT2D eigenvalue weighted by atomic mass is 10.2. The minimum absolute atomic E-state index is 0.0986. The minimum atomic E-state index is -0.489. The van der Waals surface area contributed by atoms with Gasteiger partial charge in [-0.1, -0.05) is 64.7 Å². The average molecular weight is 405 g/mol. The van der Waals surface area contributed by atoms with Gasteiger partial charge in [-0.25, -0.2) is 0 Å². The molecule has 1 aromatic heterocycles. The Kier molecular flexibility index (Phi) is 5.16. The summed E-state index contributed by atoms with van der Waals surface area (Å²) in [7, 11) is 0. The Labute approximate surface area is 152 Å². The van der Waals surface area contributed by atoms with E-state index in [9.17, 15) is 9.59 Å². The zero-order valence-corrected chi connectivity index (χ0v) is 15.6. The fourth-order valence-corrected chi connectivity index (χ4v) is 4.18. The molecule has 0 saturated carbocycles. The molecule has 0 aliphatic heterocycles. The van der Waals surface area contributed by atoms with Gasteiger partial charge < -0.3 is 5.32 Å². The summed E-state index contributed by atoms with van der Waals surface area (Å²) in [4.78, 5) is 25.2. The zero-order valence-electron chi connectivity index (χ0n) is 13.2. The van der Waals surface area contributed by atoms with Gasteiger partial charge in [-0.3, -0.25) is 13.5 Å². The van der Waals surface area contributed by atoms with Gasteiger partial charge in [0.1, 0.15) is 6.04 Å². The molecule has 1 N–H and O–H groups in total. The highest BCUT2D eigenvalue weighted by Crippen LogP contribution is 2.22. The lowest BCUT2D eigenvalue weighted by Gasteiger charge is -2.15. The first-order chi connectivity index (χ1) is 11.6. The van der Waals surface area contributed by atoms with Gasteiger partial charge in [0.15, 0.2) is 0 Å². The number of amides is 1. The summed E-state index contributed by atoms with van der Waals surface area (Å²) in [5.41, 5.74) is 0.905. The number of aromatic nitrogens is 1. The zero-order chi connectivity index (χ0) is 17.1. The first-order valence-corrected chi connectivity index (χ1v) is 9.30. The van der Waals surface area contributed by atoms with Gasteiger partial charge in [0.2, 0.25) is 5.91 Å². The molecular weight excluding hydrogens is 388 g/mol. The van der Waals surface area contributed by atoms with Crippen molar-refractivity contribution in [3.63, 3.8) is 0 Å². The van der Waals surface area contributed by atoms with Crippen LogP contribution in [0.2, 0.25) is 0 Å². The largest absolute Gasteiger partial charge is 0.350 e. The van der Waals surface area contributed by atoms with Crippen molar-refractivity contribution in [1.82, 2.24) is 9.27 Å². The van der Waals surface area contributed by atoms with Crippen LogP contribution in [0.5, 0.6) is 0 Å². The van der Waals surface area contributed by atoms with Gasteiger partial charge in [-0.2, -0.15) is 0 Å². The molecular formula is C18H17BrN2O2S. The molecule has 1 amide bonds. The van der Waals surface area contributed by atoms with E-state index in [1.807, 2.05) is 49.4 Å². The highest BCUT2D eigenvalue weighted by molar-refractivity contribution is 9.10.